The van der Waals surface area contributed by atoms with E-state index in [4.69, 9.17) is 15.2 Å². The third-order valence-electron chi connectivity index (χ3n) is 3.93. The molecule has 0 bridgehead atoms. The van der Waals surface area contributed by atoms with Gasteiger partial charge in [-0.3, -0.25) is 15.6 Å². The highest BCUT2D eigenvalue weighted by molar-refractivity contribution is 5.95. The number of hydrogen-bond donors (Lipinski definition) is 4. The third kappa shape index (κ3) is 3.43. The molecule has 2 aromatic carbocycles. The molecule has 4 rings (SSSR count). The van der Waals surface area contributed by atoms with Crippen LogP contribution < -0.4 is 31.4 Å². The van der Waals surface area contributed by atoms with E-state index in [0.717, 1.165) is 0 Å². The highest BCUT2D eigenvalue weighted by Crippen LogP contribution is 2.35. The highest BCUT2D eigenvalue weighted by Gasteiger charge is 2.15. The minimum Gasteiger partial charge on any atom is -0.454 e. The van der Waals surface area contributed by atoms with Crippen molar-refractivity contribution in [1.82, 2.24) is 15.4 Å². The van der Waals surface area contributed by atoms with Crippen LogP contribution in [0.1, 0.15) is 10.4 Å². The van der Waals surface area contributed by atoms with Gasteiger partial charge in [0.15, 0.2) is 23.1 Å². The Hall–Kier alpha value is -4.08. The summed E-state index contributed by atoms with van der Waals surface area (Å²) in [5, 5.41) is 3.05. The summed E-state index contributed by atoms with van der Waals surface area (Å²) >= 11 is 0. The Morgan fingerprint density at radius 1 is 1.07 bits per heavy atom. The Bertz CT molecular complexity index is 1050. The highest BCUT2D eigenvalue weighted by atomic mass is 19.1. The van der Waals surface area contributed by atoms with Crippen LogP contribution in [0.4, 0.5) is 27.4 Å². The van der Waals surface area contributed by atoms with Crippen LogP contribution in [0.25, 0.3) is 0 Å². The van der Waals surface area contributed by atoms with Crippen LogP contribution in [0.2, 0.25) is 0 Å². The number of hydrogen-bond acceptors (Lipinski definition) is 8. The van der Waals surface area contributed by atoms with Gasteiger partial charge in [0.1, 0.15) is 17.8 Å². The number of nitrogens with two attached hydrogens (primary N) is 1. The van der Waals surface area contributed by atoms with Gasteiger partial charge in [0.05, 0.1) is 5.56 Å². The van der Waals surface area contributed by atoms with Crippen molar-refractivity contribution in [3.8, 4) is 11.5 Å². The summed E-state index contributed by atoms with van der Waals surface area (Å²) in [5.74, 6) is 0.427. The Balaban J connectivity index is 1.48. The summed E-state index contributed by atoms with van der Waals surface area (Å²) in [6.07, 6.45) is 1.27. The van der Waals surface area contributed by atoms with Crippen molar-refractivity contribution in [3.05, 3.63) is 60.2 Å². The van der Waals surface area contributed by atoms with Crippen molar-refractivity contribution >= 4 is 28.9 Å². The van der Waals surface area contributed by atoms with E-state index in [1.165, 1.54) is 24.5 Å². The monoisotopic (exact) mass is 382 g/mol. The van der Waals surface area contributed by atoms with E-state index >= 15 is 0 Å². The predicted molar refractivity (Wildman–Crippen MR) is 99.8 cm³/mol. The van der Waals surface area contributed by atoms with E-state index in [0.29, 0.717) is 23.0 Å². The van der Waals surface area contributed by atoms with Crippen molar-refractivity contribution in [1.29, 1.82) is 0 Å². The van der Waals surface area contributed by atoms with E-state index < -0.39 is 11.7 Å². The first-order chi connectivity index (χ1) is 13.6. The zero-order valence-electron chi connectivity index (χ0n) is 14.4. The number of ether oxygens (including phenoxy) is 2. The number of nitrogen functional groups attached to an aromatic ring is 1. The molecule has 9 nitrogen and oxygen atoms in total. The maximum atomic E-state index is 13.7. The molecule has 0 saturated carbocycles. The molecular weight excluding hydrogens is 367 g/mol. The molecule has 1 aromatic heterocycles. The number of halogens is 1. The number of aromatic nitrogens is 2. The third-order valence-corrected chi connectivity index (χ3v) is 3.93. The minimum atomic E-state index is -0.665. The molecule has 0 radical (unpaired) electrons. The fourth-order valence-electron chi connectivity index (χ4n) is 2.53. The number of nitrogens with one attached hydrogen (secondary N) is 3. The van der Waals surface area contributed by atoms with Crippen LogP contribution in [-0.2, 0) is 0 Å². The number of carbonyl (C=O) groups is 1. The van der Waals surface area contributed by atoms with Crippen LogP contribution >= 0.6 is 0 Å². The van der Waals surface area contributed by atoms with Gasteiger partial charge in [-0.15, -0.1) is 0 Å². The second kappa shape index (κ2) is 7.27. The second-order valence-corrected chi connectivity index (χ2v) is 5.74. The van der Waals surface area contributed by atoms with E-state index in [1.807, 2.05) is 0 Å². The van der Waals surface area contributed by atoms with Gasteiger partial charge in [-0.2, -0.15) is 0 Å². The van der Waals surface area contributed by atoms with Gasteiger partial charge in [0.25, 0.3) is 5.91 Å². The van der Waals surface area contributed by atoms with Gasteiger partial charge in [-0.25, -0.2) is 14.4 Å². The first-order valence-electron chi connectivity index (χ1n) is 8.20. The minimum absolute atomic E-state index is 0.110. The lowest BCUT2D eigenvalue weighted by atomic mass is 10.2. The summed E-state index contributed by atoms with van der Waals surface area (Å²) in [5.41, 5.74) is 11.7. The standard InChI is InChI=1S/C18H15FN6O3/c19-12-4-2-1-3-11(12)18(26)25-24-17-15(20)16(21-8-22-17)23-10-5-6-13-14(7-10)28-9-27-13/h1-8H,9,20H2,(H,25,26)(H2,21,22,23,24). The summed E-state index contributed by atoms with van der Waals surface area (Å²) in [4.78, 5) is 20.2. The molecule has 0 aliphatic carbocycles. The van der Waals surface area contributed by atoms with E-state index in [2.05, 4.69) is 26.1 Å². The molecule has 3 aromatic rings. The van der Waals surface area contributed by atoms with Crippen LogP contribution in [0, 0.1) is 5.82 Å². The Morgan fingerprint density at radius 2 is 1.86 bits per heavy atom. The molecule has 1 amide bonds. The first kappa shape index (κ1) is 17.3. The van der Waals surface area contributed by atoms with Crippen LogP contribution in [0.15, 0.2) is 48.8 Å². The molecule has 0 saturated heterocycles. The maximum Gasteiger partial charge on any atom is 0.272 e. The number of nitrogens with zero attached hydrogens (tertiary/aromatic N) is 2. The van der Waals surface area contributed by atoms with Crippen molar-refractivity contribution < 1.29 is 18.7 Å². The van der Waals surface area contributed by atoms with Crippen LogP contribution in [-0.4, -0.2) is 22.7 Å². The maximum absolute atomic E-state index is 13.7. The number of rotatable bonds is 5. The predicted octanol–water partition coefficient (Wildman–Crippen LogP) is 2.43. The summed E-state index contributed by atoms with van der Waals surface area (Å²) in [6, 6.07) is 10.9. The fourth-order valence-corrected chi connectivity index (χ4v) is 2.53. The number of amides is 1. The average molecular weight is 382 g/mol. The molecule has 1 aliphatic rings. The molecule has 2 heterocycles. The van der Waals surface area contributed by atoms with Gasteiger partial charge in [0.2, 0.25) is 6.79 Å². The van der Waals surface area contributed by atoms with E-state index in [1.54, 1.807) is 24.3 Å². The Kier molecular flexibility index (Phi) is 4.50. The quantitative estimate of drug-likeness (QED) is 0.496. The van der Waals surface area contributed by atoms with Gasteiger partial charge in [-0.05, 0) is 24.3 Å². The Labute approximate surface area is 158 Å². The number of hydrazine groups is 1. The zero-order chi connectivity index (χ0) is 19.5. The van der Waals surface area contributed by atoms with Crippen molar-refractivity contribution in [3.63, 3.8) is 0 Å². The topological polar surface area (TPSA) is 123 Å². The number of fused-ring (bicyclic) bond motifs is 1. The molecule has 142 valence electrons. The molecule has 1 aliphatic heterocycles. The molecule has 0 fully saturated rings. The van der Waals surface area contributed by atoms with E-state index in [9.17, 15) is 9.18 Å². The smallest absolute Gasteiger partial charge is 0.272 e. The molecular formula is C18H15FN6O3. The zero-order valence-corrected chi connectivity index (χ0v) is 14.4. The molecule has 28 heavy (non-hydrogen) atoms. The average Bonchev–Trinajstić information content (AvgIpc) is 3.16. The summed E-state index contributed by atoms with van der Waals surface area (Å²) in [7, 11) is 0. The lowest BCUT2D eigenvalue weighted by Gasteiger charge is -2.13. The largest absolute Gasteiger partial charge is 0.454 e. The lowest BCUT2D eigenvalue weighted by molar-refractivity contribution is 0.0958. The van der Waals surface area contributed by atoms with Crippen LogP contribution in [0.5, 0.6) is 11.5 Å². The van der Waals surface area contributed by atoms with Gasteiger partial charge in [-0.1, -0.05) is 12.1 Å². The molecule has 0 spiro atoms. The normalized spacial score (nSPS) is 11.8. The number of carbonyl (C=O) groups excluding carboxylic acids is 1. The summed E-state index contributed by atoms with van der Waals surface area (Å²) in [6.45, 7) is 0.171. The van der Waals surface area contributed by atoms with Crippen molar-refractivity contribution in [2.24, 2.45) is 0 Å². The Morgan fingerprint density at radius 3 is 2.71 bits per heavy atom. The first-order valence-corrected chi connectivity index (χ1v) is 8.20. The lowest BCUT2D eigenvalue weighted by Crippen LogP contribution is -2.31. The molecule has 0 unspecified atom stereocenters. The van der Waals surface area contributed by atoms with Gasteiger partial charge in [0, 0.05) is 11.8 Å². The van der Waals surface area contributed by atoms with Gasteiger partial charge >= 0.3 is 0 Å². The molecule has 5 N–H and O–H groups in total. The fraction of sp³-hybridized carbons (Fsp3) is 0.0556. The number of anilines is 4. The summed E-state index contributed by atoms with van der Waals surface area (Å²) < 4.78 is 24.3. The van der Waals surface area contributed by atoms with Crippen molar-refractivity contribution in [2.45, 2.75) is 0 Å². The second-order valence-electron chi connectivity index (χ2n) is 5.74. The van der Waals surface area contributed by atoms with Gasteiger partial charge < -0.3 is 20.5 Å². The van der Waals surface area contributed by atoms with E-state index in [-0.39, 0.29) is 23.9 Å². The number of benzene rings is 2. The SMILES string of the molecule is Nc1c(NNC(=O)c2ccccc2F)ncnc1Nc1ccc2c(c1)OCO2. The molecule has 0 atom stereocenters. The van der Waals surface area contributed by atoms with Crippen molar-refractivity contribution in [2.75, 3.05) is 23.3 Å². The molecule has 10 heteroatoms. The van der Waals surface area contributed by atoms with Crippen LogP contribution in [0.3, 0.4) is 0 Å².